The van der Waals surface area contributed by atoms with Gasteiger partial charge < -0.3 is 15.0 Å². The highest BCUT2D eigenvalue weighted by atomic mass is 32.2. The van der Waals surface area contributed by atoms with Gasteiger partial charge in [0.2, 0.25) is 11.8 Å². The van der Waals surface area contributed by atoms with Crippen molar-refractivity contribution in [3.05, 3.63) is 48.5 Å². The van der Waals surface area contributed by atoms with Crippen LogP contribution in [0.1, 0.15) is 26.2 Å². The summed E-state index contributed by atoms with van der Waals surface area (Å²) in [6.45, 7) is 3.93. The summed E-state index contributed by atoms with van der Waals surface area (Å²) in [6.07, 6.45) is 2.63. The fourth-order valence-corrected chi connectivity index (χ4v) is 5.33. The number of amides is 2. The molecule has 7 heteroatoms. The van der Waals surface area contributed by atoms with E-state index in [0.29, 0.717) is 11.8 Å². The van der Waals surface area contributed by atoms with Crippen LogP contribution in [0.25, 0.3) is 0 Å². The van der Waals surface area contributed by atoms with Crippen LogP contribution in [0.2, 0.25) is 0 Å². The van der Waals surface area contributed by atoms with Gasteiger partial charge in [-0.15, -0.1) is 11.8 Å². The highest BCUT2D eigenvalue weighted by Crippen LogP contribution is 2.37. The summed E-state index contributed by atoms with van der Waals surface area (Å²) in [5.74, 6) is 0.749. The van der Waals surface area contributed by atoms with Crippen molar-refractivity contribution in [1.82, 2.24) is 4.90 Å². The number of hydrogen-bond acceptors (Lipinski definition) is 5. The molecule has 0 bridgehead atoms. The summed E-state index contributed by atoms with van der Waals surface area (Å²) in [5, 5.41) is 3.45. The highest BCUT2D eigenvalue weighted by molar-refractivity contribution is 8.00. The van der Waals surface area contributed by atoms with Gasteiger partial charge in [0.15, 0.2) is 0 Å². The highest BCUT2D eigenvalue weighted by Gasteiger charge is 2.34. The first-order chi connectivity index (χ1) is 15.0. The first-order valence-corrected chi connectivity index (χ1v) is 11.7. The van der Waals surface area contributed by atoms with E-state index in [1.165, 1.54) is 0 Å². The Kier molecular flexibility index (Phi) is 6.83. The lowest BCUT2D eigenvalue weighted by Crippen LogP contribution is -2.46. The minimum Gasteiger partial charge on any atom is -0.497 e. The molecular weight excluding hydrogens is 410 g/mol. The molecule has 4 rings (SSSR count). The van der Waals surface area contributed by atoms with E-state index in [0.717, 1.165) is 47.8 Å². The molecule has 0 aromatic heterocycles. The number of fused-ring (bicyclic) bond motifs is 1. The zero-order valence-electron chi connectivity index (χ0n) is 18.0. The van der Waals surface area contributed by atoms with Gasteiger partial charge in [-0.3, -0.25) is 14.5 Å². The molecule has 2 amide bonds. The third-order valence-electron chi connectivity index (χ3n) is 5.91. The van der Waals surface area contributed by atoms with Crippen molar-refractivity contribution in [3.63, 3.8) is 0 Å². The number of carbonyl (C=O) groups is 2. The molecule has 1 N–H and O–H groups in total. The lowest BCUT2D eigenvalue weighted by molar-refractivity contribution is -0.123. The second-order valence-electron chi connectivity index (χ2n) is 8.08. The lowest BCUT2D eigenvalue weighted by atomic mass is 10.2. The van der Waals surface area contributed by atoms with Crippen molar-refractivity contribution in [2.75, 3.05) is 37.0 Å². The third-order valence-corrected chi connectivity index (χ3v) is 7.14. The maximum atomic E-state index is 13.3. The molecule has 2 heterocycles. The number of thioether (sulfide) groups is 1. The number of nitrogens with zero attached hydrogens (tertiary/aromatic N) is 2. The van der Waals surface area contributed by atoms with Gasteiger partial charge in [0.1, 0.15) is 5.75 Å². The Hall–Kier alpha value is -2.51. The molecule has 0 saturated carbocycles. The molecule has 0 aliphatic carbocycles. The quantitative estimate of drug-likeness (QED) is 0.763. The lowest BCUT2D eigenvalue weighted by Gasteiger charge is -2.28. The minimum absolute atomic E-state index is 0.0593. The smallest absolute Gasteiger partial charge is 0.241 e. The summed E-state index contributed by atoms with van der Waals surface area (Å²) < 4.78 is 5.17. The second-order valence-corrected chi connectivity index (χ2v) is 9.56. The first kappa shape index (κ1) is 21.7. The minimum atomic E-state index is -0.290. The van der Waals surface area contributed by atoms with Crippen molar-refractivity contribution < 1.29 is 14.3 Å². The Morgan fingerprint density at radius 3 is 2.65 bits per heavy atom. The molecule has 2 unspecified atom stereocenters. The van der Waals surface area contributed by atoms with Crippen LogP contribution in [-0.2, 0) is 9.59 Å². The number of anilines is 2. The predicted molar refractivity (Wildman–Crippen MR) is 125 cm³/mol. The number of nitrogens with one attached hydrogen (secondary N) is 1. The zero-order chi connectivity index (χ0) is 21.8. The molecule has 0 radical (unpaired) electrons. The molecule has 6 nitrogen and oxygen atoms in total. The number of ether oxygens (including phenoxy) is 1. The van der Waals surface area contributed by atoms with E-state index in [2.05, 4.69) is 18.3 Å². The monoisotopic (exact) mass is 439 g/mol. The molecule has 164 valence electrons. The van der Waals surface area contributed by atoms with Gasteiger partial charge in [0.05, 0.1) is 25.4 Å². The molecule has 0 spiro atoms. The van der Waals surface area contributed by atoms with Gasteiger partial charge in [-0.25, -0.2) is 0 Å². The predicted octanol–water partition coefficient (Wildman–Crippen LogP) is 4.02. The topological polar surface area (TPSA) is 61.9 Å². The van der Waals surface area contributed by atoms with Crippen LogP contribution in [0.3, 0.4) is 0 Å². The second kappa shape index (κ2) is 9.75. The number of benzene rings is 2. The van der Waals surface area contributed by atoms with Gasteiger partial charge in [0, 0.05) is 22.4 Å². The van der Waals surface area contributed by atoms with Crippen LogP contribution in [0, 0.1) is 0 Å². The van der Waals surface area contributed by atoms with E-state index in [4.69, 9.17) is 4.74 Å². The van der Waals surface area contributed by atoms with Gasteiger partial charge in [0.25, 0.3) is 0 Å². The maximum Gasteiger partial charge on any atom is 0.241 e. The Balaban J connectivity index is 1.43. The molecular formula is C24H29N3O3S. The largest absolute Gasteiger partial charge is 0.497 e. The molecule has 2 aliphatic rings. The molecule has 2 atom stereocenters. The number of methoxy groups -OCH3 is 1. The van der Waals surface area contributed by atoms with Crippen molar-refractivity contribution in [2.45, 2.75) is 42.4 Å². The number of para-hydroxylation sites is 1. The standard InChI is InChI=1S/C24H29N3O3S/c1-17-13-15-27(20-6-3-4-8-22(20)31-17)23(28)16-26-14-5-7-21(26)24(29)25-18-9-11-19(30-2)12-10-18/h3-4,6,8-12,17,21H,5,7,13-16H2,1-2H3,(H,25,29). The molecule has 1 saturated heterocycles. The van der Waals surface area contributed by atoms with Crippen LogP contribution < -0.4 is 15.0 Å². The van der Waals surface area contributed by atoms with Crippen LogP contribution >= 0.6 is 11.8 Å². The van der Waals surface area contributed by atoms with Gasteiger partial charge in [-0.2, -0.15) is 0 Å². The third kappa shape index (κ3) is 5.05. The van der Waals surface area contributed by atoms with E-state index in [9.17, 15) is 9.59 Å². The summed E-state index contributed by atoms with van der Waals surface area (Å²) >= 11 is 1.83. The van der Waals surface area contributed by atoms with E-state index in [1.807, 2.05) is 64.0 Å². The number of likely N-dealkylation sites (tertiary alicyclic amines) is 1. The van der Waals surface area contributed by atoms with Crippen LogP contribution in [0.4, 0.5) is 11.4 Å². The van der Waals surface area contributed by atoms with E-state index in [-0.39, 0.29) is 24.4 Å². The number of hydrogen-bond donors (Lipinski definition) is 1. The summed E-state index contributed by atoms with van der Waals surface area (Å²) in [5.41, 5.74) is 1.72. The average Bonchev–Trinajstić information content (AvgIpc) is 3.16. The van der Waals surface area contributed by atoms with Gasteiger partial charge in [-0.1, -0.05) is 19.1 Å². The molecule has 2 aromatic carbocycles. The van der Waals surface area contributed by atoms with Crippen LogP contribution in [-0.4, -0.2) is 54.8 Å². The van der Waals surface area contributed by atoms with Crippen molar-refractivity contribution in [2.24, 2.45) is 0 Å². The summed E-state index contributed by atoms with van der Waals surface area (Å²) in [4.78, 5) is 31.3. The van der Waals surface area contributed by atoms with E-state index in [1.54, 1.807) is 7.11 Å². The Morgan fingerprint density at radius 2 is 1.87 bits per heavy atom. The van der Waals surface area contributed by atoms with Crippen molar-refractivity contribution >= 4 is 35.0 Å². The Morgan fingerprint density at radius 1 is 1.10 bits per heavy atom. The Labute approximate surface area is 187 Å². The molecule has 1 fully saturated rings. The molecule has 2 aromatic rings. The maximum absolute atomic E-state index is 13.3. The molecule has 31 heavy (non-hydrogen) atoms. The van der Waals surface area contributed by atoms with Crippen molar-refractivity contribution in [1.29, 1.82) is 0 Å². The Bertz CT molecular complexity index is 934. The summed E-state index contributed by atoms with van der Waals surface area (Å²) in [7, 11) is 1.61. The number of rotatable bonds is 5. The van der Waals surface area contributed by atoms with Gasteiger partial charge in [-0.05, 0) is 62.2 Å². The zero-order valence-corrected chi connectivity index (χ0v) is 18.9. The fraction of sp³-hybridized carbons (Fsp3) is 0.417. The fourth-order valence-electron chi connectivity index (χ4n) is 4.22. The van der Waals surface area contributed by atoms with E-state index < -0.39 is 0 Å². The van der Waals surface area contributed by atoms with Crippen molar-refractivity contribution in [3.8, 4) is 5.75 Å². The van der Waals surface area contributed by atoms with Crippen LogP contribution in [0.5, 0.6) is 5.75 Å². The normalized spacial score (nSPS) is 21.3. The summed E-state index contributed by atoms with van der Waals surface area (Å²) in [6, 6.07) is 15.1. The first-order valence-electron chi connectivity index (χ1n) is 10.8. The molecule has 2 aliphatic heterocycles. The average molecular weight is 440 g/mol. The van der Waals surface area contributed by atoms with Gasteiger partial charge >= 0.3 is 0 Å². The number of carbonyl (C=O) groups excluding carboxylic acids is 2. The van der Waals surface area contributed by atoms with E-state index >= 15 is 0 Å². The van der Waals surface area contributed by atoms with Crippen LogP contribution in [0.15, 0.2) is 53.4 Å². The SMILES string of the molecule is COc1ccc(NC(=O)C2CCCN2CC(=O)N2CCC(C)Sc3ccccc32)cc1.